The smallest absolute Gasteiger partial charge is 0.272 e. The van der Waals surface area contributed by atoms with Gasteiger partial charge < -0.3 is 4.90 Å². The number of hydrogen-bond donors (Lipinski definition) is 0. The molecule has 0 spiro atoms. The van der Waals surface area contributed by atoms with Gasteiger partial charge in [-0.05, 0) is 36.8 Å². The van der Waals surface area contributed by atoms with E-state index in [4.69, 9.17) is 11.6 Å². The highest BCUT2D eigenvalue weighted by molar-refractivity contribution is 7.15. The highest BCUT2D eigenvalue weighted by Gasteiger charge is 2.20. The predicted molar refractivity (Wildman–Crippen MR) is 108 cm³/mol. The summed E-state index contributed by atoms with van der Waals surface area (Å²) < 4.78 is 1.86. The van der Waals surface area contributed by atoms with Crippen LogP contribution in [0.25, 0.3) is 16.2 Å². The number of amides is 1. The number of aromatic nitrogens is 3. The Kier molecular flexibility index (Phi) is 4.92. The lowest BCUT2D eigenvalue weighted by Gasteiger charge is -2.20. The van der Waals surface area contributed by atoms with Crippen molar-refractivity contribution < 1.29 is 4.79 Å². The molecule has 1 amide bonds. The molecule has 0 fully saturated rings. The second kappa shape index (κ2) is 7.50. The molecule has 0 bridgehead atoms. The van der Waals surface area contributed by atoms with E-state index in [1.807, 2.05) is 64.2 Å². The van der Waals surface area contributed by atoms with Crippen molar-refractivity contribution in [2.24, 2.45) is 0 Å². The molecule has 4 rings (SSSR count). The van der Waals surface area contributed by atoms with E-state index < -0.39 is 0 Å². The van der Waals surface area contributed by atoms with Crippen molar-refractivity contribution in [3.05, 3.63) is 76.6 Å². The van der Waals surface area contributed by atoms with Crippen LogP contribution < -0.4 is 0 Å². The number of carbonyl (C=O) groups excluding carboxylic acids is 1. The fourth-order valence-corrected chi connectivity index (χ4v) is 3.96. The summed E-state index contributed by atoms with van der Waals surface area (Å²) in [4.78, 5) is 24.4. The third-order valence-corrected chi connectivity index (χ3v) is 5.42. The Labute approximate surface area is 165 Å². The van der Waals surface area contributed by atoms with Crippen LogP contribution in [0.15, 0.2) is 60.4 Å². The van der Waals surface area contributed by atoms with Crippen molar-refractivity contribution in [2.75, 3.05) is 6.54 Å². The minimum atomic E-state index is -0.0180. The maximum absolute atomic E-state index is 13.1. The Balaban J connectivity index is 1.65. The number of rotatable bonds is 5. The maximum atomic E-state index is 13.1. The quantitative estimate of drug-likeness (QED) is 0.488. The number of pyridine rings is 1. The number of benzene rings is 1. The Morgan fingerprint density at radius 2 is 2.07 bits per heavy atom. The Hall–Kier alpha value is -2.70. The molecule has 0 aliphatic carbocycles. The summed E-state index contributed by atoms with van der Waals surface area (Å²) in [7, 11) is 0. The summed E-state index contributed by atoms with van der Waals surface area (Å²) in [6.07, 6.45) is 5.37. The van der Waals surface area contributed by atoms with Crippen molar-refractivity contribution in [3.63, 3.8) is 0 Å². The van der Waals surface area contributed by atoms with Crippen LogP contribution in [0.2, 0.25) is 5.02 Å². The topological polar surface area (TPSA) is 50.5 Å². The fraction of sp³-hybridized carbons (Fsp3) is 0.150. The molecular weight excluding hydrogens is 380 g/mol. The zero-order valence-corrected chi connectivity index (χ0v) is 16.2. The molecule has 3 heterocycles. The first-order valence-corrected chi connectivity index (χ1v) is 9.82. The number of nitrogens with zero attached hydrogens (tertiary/aromatic N) is 4. The molecule has 0 aliphatic heterocycles. The highest BCUT2D eigenvalue weighted by atomic mass is 35.5. The summed E-state index contributed by atoms with van der Waals surface area (Å²) >= 11 is 7.55. The zero-order valence-electron chi connectivity index (χ0n) is 14.7. The molecule has 7 heteroatoms. The average Bonchev–Trinajstić information content (AvgIpc) is 3.27. The SMILES string of the molecule is CCN(Cc1ccncc1)C(=O)c1csc2nc(-c3cccc(Cl)c3)cn12. The molecule has 0 radical (unpaired) electrons. The van der Waals surface area contributed by atoms with Gasteiger partial charge in [0, 0.05) is 47.6 Å². The van der Waals surface area contributed by atoms with E-state index in [-0.39, 0.29) is 5.91 Å². The van der Waals surface area contributed by atoms with Gasteiger partial charge in [-0.25, -0.2) is 4.98 Å². The lowest BCUT2D eigenvalue weighted by atomic mass is 10.2. The normalized spacial score (nSPS) is 11.0. The third-order valence-electron chi connectivity index (χ3n) is 4.34. The van der Waals surface area contributed by atoms with Crippen molar-refractivity contribution in [1.82, 2.24) is 19.3 Å². The minimum Gasteiger partial charge on any atom is -0.333 e. The molecule has 0 saturated carbocycles. The van der Waals surface area contributed by atoms with Gasteiger partial charge in [-0.1, -0.05) is 23.7 Å². The average molecular weight is 397 g/mol. The summed E-state index contributed by atoms with van der Waals surface area (Å²) in [5.74, 6) is -0.0180. The number of thiazole rings is 1. The van der Waals surface area contributed by atoms with Crippen molar-refractivity contribution in [3.8, 4) is 11.3 Å². The number of imidazole rings is 1. The van der Waals surface area contributed by atoms with E-state index in [9.17, 15) is 4.79 Å². The monoisotopic (exact) mass is 396 g/mol. The first-order chi connectivity index (χ1) is 13.2. The molecule has 0 atom stereocenters. The van der Waals surface area contributed by atoms with E-state index in [1.54, 1.807) is 12.4 Å². The zero-order chi connectivity index (χ0) is 18.8. The van der Waals surface area contributed by atoms with Crippen LogP contribution >= 0.6 is 22.9 Å². The summed E-state index contributed by atoms with van der Waals surface area (Å²) in [6, 6.07) is 11.4. The van der Waals surface area contributed by atoms with E-state index in [0.29, 0.717) is 23.8 Å². The van der Waals surface area contributed by atoms with Crippen LogP contribution in [0.5, 0.6) is 0 Å². The minimum absolute atomic E-state index is 0.0180. The second-order valence-corrected chi connectivity index (χ2v) is 7.36. The van der Waals surface area contributed by atoms with Gasteiger partial charge in [0.25, 0.3) is 5.91 Å². The Morgan fingerprint density at radius 1 is 1.26 bits per heavy atom. The maximum Gasteiger partial charge on any atom is 0.272 e. The second-order valence-electron chi connectivity index (χ2n) is 6.08. The van der Waals surface area contributed by atoms with Gasteiger partial charge in [0.15, 0.2) is 4.96 Å². The molecule has 5 nitrogen and oxygen atoms in total. The largest absolute Gasteiger partial charge is 0.333 e. The highest BCUT2D eigenvalue weighted by Crippen LogP contribution is 2.26. The fourth-order valence-electron chi connectivity index (χ4n) is 2.92. The third kappa shape index (κ3) is 3.59. The van der Waals surface area contributed by atoms with Gasteiger partial charge in [-0.3, -0.25) is 14.2 Å². The van der Waals surface area contributed by atoms with Crippen LogP contribution in [0, 0.1) is 0 Å². The Morgan fingerprint density at radius 3 is 2.81 bits per heavy atom. The number of carbonyl (C=O) groups is 1. The molecule has 0 N–H and O–H groups in total. The van der Waals surface area contributed by atoms with Crippen LogP contribution in [-0.4, -0.2) is 31.7 Å². The number of fused-ring (bicyclic) bond motifs is 1. The van der Waals surface area contributed by atoms with Gasteiger partial charge in [0.2, 0.25) is 0 Å². The van der Waals surface area contributed by atoms with Crippen LogP contribution in [0.4, 0.5) is 0 Å². The van der Waals surface area contributed by atoms with Crippen LogP contribution in [0.1, 0.15) is 23.0 Å². The van der Waals surface area contributed by atoms with Crippen LogP contribution in [0.3, 0.4) is 0 Å². The molecule has 136 valence electrons. The van der Waals surface area contributed by atoms with Crippen LogP contribution in [-0.2, 0) is 6.54 Å². The molecule has 0 unspecified atom stereocenters. The van der Waals surface area contributed by atoms with Gasteiger partial charge in [0.1, 0.15) is 5.69 Å². The standard InChI is InChI=1S/C20H17ClN4OS/c1-2-24(11-14-6-8-22-9-7-14)19(26)18-13-27-20-23-17(12-25(18)20)15-4-3-5-16(21)10-15/h3-10,12-13H,2,11H2,1H3. The molecule has 3 aromatic heterocycles. The first kappa shape index (κ1) is 17.7. The van der Waals surface area contributed by atoms with Gasteiger partial charge >= 0.3 is 0 Å². The molecule has 4 aromatic rings. The summed E-state index contributed by atoms with van der Waals surface area (Å²) in [6.45, 7) is 3.15. The number of hydrogen-bond acceptors (Lipinski definition) is 4. The Bertz CT molecular complexity index is 1090. The summed E-state index contributed by atoms with van der Waals surface area (Å²) in [5, 5.41) is 2.52. The van der Waals surface area contributed by atoms with E-state index in [1.165, 1.54) is 11.3 Å². The van der Waals surface area contributed by atoms with Crippen molar-refractivity contribution in [2.45, 2.75) is 13.5 Å². The van der Waals surface area contributed by atoms with Gasteiger partial charge in [-0.15, -0.1) is 11.3 Å². The van der Waals surface area contributed by atoms with E-state index in [0.717, 1.165) is 21.8 Å². The molecule has 27 heavy (non-hydrogen) atoms. The lowest BCUT2D eigenvalue weighted by molar-refractivity contribution is 0.0746. The van der Waals surface area contributed by atoms with Gasteiger partial charge in [0.05, 0.1) is 5.69 Å². The lowest BCUT2D eigenvalue weighted by Crippen LogP contribution is -2.31. The summed E-state index contributed by atoms with van der Waals surface area (Å²) in [5.41, 5.74) is 3.40. The molecular formula is C20H17ClN4OS. The molecule has 0 aliphatic rings. The van der Waals surface area contributed by atoms with E-state index >= 15 is 0 Å². The number of halogens is 1. The predicted octanol–water partition coefficient (Wildman–Crippen LogP) is 4.77. The molecule has 1 aromatic carbocycles. The van der Waals surface area contributed by atoms with Crippen molar-refractivity contribution in [1.29, 1.82) is 0 Å². The van der Waals surface area contributed by atoms with E-state index in [2.05, 4.69) is 9.97 Å². The van der Waals surface area contributed by atoms with Gasteiger partial charge in [-0.2, -0.15) is 0 Å². The molecule has 0 saturated heterocycles. The first-order valence-electron chi connectivity index (χ1n) is 8.56. The van der Waals surface area contributed by atoms with Crippen molar-refractivity contribution >= 4 is 33.8 Å².